The van der Waals surface area contributed by atoms with Gasteiger partial charge in [0.2, 0.25) is 0 Å². The highest BCUT2D eigenvalue weighted by atomic mass is 19.1. The normalized spacial score (nSPS) is 14.6. The predicted octanol–water partition coefficient (Wildman–Crippen LogP) is 3.45. The van der Waals surface area contributed by atoms with E-state index in [0.29, 0.717) is 5.92 Å². The lowest BCUT2D eigenvalue weighted by Gasteiger charge is -2.10. The van der Waals surface area contributed by atoms with Crippen LogP contribution in [-0.2, 0) is 13.1 Å². The first-order valence-electron chi connectivity index (χ1n) is 7.77. The Balaban J connectivity index is 1.76. The Morgan fingerprint density at radius 3 is 2.71 bits per heavy atom. The van der Waals surface area contributed by atoms with Crippen LogP contribution in [0.5, 0.6) is 0 Å². The summed E-state index contributed by atoms with van der Waals surface area (Å²) in [5.41, 5.74) is 3.77. The van der Waals surface area contributed by atoms with Crippen LogP contribution in [0.1, 0.15) is 48.9 Å². The monoisotopic (exact) mass is 287 g/mol. The Hall–Kier alpha value is -1.68. The van der Waals surface area contributed by atoms with E-state index in [1.807, 2.05) is 18.3 Å². The van der Waals surface area contributed by atoms with Crippen molar-refractivity contribution in [2.24, 2.45) is 0 Å². The Labute approximate surface area is 125 Å². The summed E-state index contributed by atoms with van der Waals surface area (Å²) in [6, 6.07) is 6.70. The van der Waals surface area contributed by atoms with E-state index in [9.17, 15) is 4.39 Å². The quantitative estimate of drug-likeness (QED) is 0.791. The van der Waals surface area contributed by atoms with Crippen LogP contribution in [-0.4, -0.2) is 16.3 Å². The summed E-state index contributed by atoms with van der Waals surface area (Å²) in [4.78, 5) is 0. The minimum Gasteiger partial charge on any atom is -0.313 e. The van der Waals surface area contributed by atoms with E-state index < -0.39 is 0 Å². The highest BCUT2D eigenvalue weighted by molar-refractivity contribution is 5.27. The molecule has 3 rings (SSSR count). The van der Waals surface area contributed by atoms with E-state index >= 15 is 0 Å². The van der Waals surface area contributed by atoms with Crippen LogP contribution >= 0.6 is 0 Å². The minimum atomic E-state index is -0.189. The van der Waals surface area contributed by atoms with Crippen molar-refractivity contribution < 1.29 is 4.39 Å². The predicted molar refractivity (Wildman–Crippen MR) is 81.7 cm³/mol. The standard InChI is InChI=1S/C17H22FN3/c1-2-9-19-10-15-11-20-21(17(15)14-5-6-14)12-13-3-7-16(18)8-4-13/h3-4,7-8,11,14,19H,2,5-6,9-10,12H2,1H3. The van der Waals surface area contributed by atoms with Gasteiger partial charge in [0, 0.05) is 23.7 Å². The van der Waals surface area contributed by atoms with E-state index in [2.05, 4.69) is 22.0 Å². The van der Waals surface area contributed by atoms with Gasteiger partial charge in [0.1, 0.15) is 5.82 Å². The van der Waals surface area contributed by atoms with Gasteiger partial charge in [0.15, 0.2) is 0 Å². The summed E-state index contributed by atoms with van der Waals surface area (Å²) in [6.07, 6.45) is 5.65. The molecule has 112 valence electrons. The fraction of sp³-hybridized carbons (Fsp3) is 0.471. The average molecular weight is 287 g/mol. The number of benzene rings is 1. The molecule has 0 amide bonds. The van der Waals surface area contributed by atoms with Gasteiger partial charge in [0.05, 0.1) is 12.7 Å². The van der Waals surface area contributed by atoms with Crippen molar-refractivity contribution in [1.29, 1.82) is 0 Å². The third-order valence-corrected chi connectivity index (χ3v) is 3.91. The third kappa shape index (κ3) is 3.50. The van der Waals surface area contributed by atoms with Gasteiger partial charge < -0.3 is 5.32 Å². The molecule has 4 heteroatoms. The average Bonchev–Trinajstić information content (AvgIpc) is 3.25. The van der Waals surface area contributed by atoms with Crippen molar-refractivity contribution >= 4 is 0 Å². The summed E-state index contributed by atoms with van der Waals surface area (Å²) in [7, 11) is 0. The summed E-state index contributed by atoms with van der Waals surface area (Å²) in [5, 5.41) is 8.01. The Kier molecular flexibility index (Phi) is 4.34. The first-order valence-corrected chi connectivity index (χ1v) is 7.77. The molecule has 0 saturated heterocycles. The van der Waals surface area contributed by atoms with E-state index in [-0.39, 0.29) is 5.82 Å². The number of rotatable bonds is 7. The second kappa shape index (κ2) is 6.39. The largest absolute Gasteiger partial charge is 0.313 e. The first kappa shape index (κ1) is 14.3. The highest BCUT2D eigenvalue weighted by Gasteiger charge is 2.29. The molecule has 1 aliphatic carbocycles. The van der Waals surface area contributed by atoms with Crippen molar-refractivity contribution in [2.75, 3.05) is 6.54 Å². The molecule has 1 aromatic carbocycles. The number of aromatic nitrogens is 2. The smallest absolute Gasteiger partial charge is 0.123 e. The molecule has 0 spiro atoms. The van der Waals surface area contributed by atoms with Crippen LogP contribution in [0.4, 0.5) is 4.39 Å². The third-order valence-electron chi connectivity index (χ3n) is 3.91. The lowest BCUT2D eigenvalue weighted by Crippen LogP contribution is -2.15. The van der Waals surface area contributed by atoms with E-state index in [4.69, 9.17) is 0 Å². The number of hydrogen-bond donors (Lipinski definition) is 1. The fourth-order valence-corrected chi connectivity index (χ4v) is 2.69. The van der Waals surface area contributed by atoms with Gasteiger partial charge >= 0.3 is 0 Å². The van der Waals surface area contributed by atoms with Crippen molar-refractivity contribution in [3.63, 3.8) is 0 Å². The summed E-state index contributed by atoms with van der Waals surface area (Å²) in [5.74, 6) is 0.470. The van der Waals surface area contributed by atoms with Gasteiger partial charge in [-0.1, -0.05) is 19.1 Å². The number of halogens is 1. The van der Waals surface area contributed by atoms with Crippen molar-refractivity contribution in [3.05, 3.63) is 53.1 Å². The molecule has 0 atom stereocenters. The molecule has 3 nitrogen and oxygen atoms in total. The zero-order chi connectivity index (χ0) is 14.7. The van der Waals surface area contributed by atoms with Gasteiger partial charge in [-0.2, -0.15) is 5.10 Å². The Morgan fingerprint density at radius 1 is 1.29 bits per heavy atom. The van der Waals surface area contributed by atoms with Crippen molar-refractivity contribution in [2.45, 2.75) is 45.2 Å². The molecule has 1 heterocycles. The van der Waals surface area contributed by atoms with Gasteiger partial charge in [-0.15, -0.1) is 0 Å². The van der Waals surface area contributed by atoms with Gasteiger partial charge in [-0.25, -0.2) is 4.39 Å². The summed E-state index contributed by atoms with van der Waals surface area (Å²) >= 11 is 0. The van der Waals surface area contributed by atoms with Crippen LogP contribution in [0, 0.1) is 5.82 Å². The SMILES string of the molecule is CCCNCc1cnn(Cc2ccc(F)cc2)c1C1CC1. The second-order valence-corrected chi connectivity index (χ2v) is 5.79. The molecular formula is C17H22FN3. The molecule has 0 unspecified atom stereocenters. The zero-order valence-corrected chi connectivity index (χ0v) is 12.5. The van der Waals surface area contributed by atoms with E-state index in [1.165, 1.54) is 36.2 Å². The first-order chi connectivity index (χ1) is 10.3. The lowest BCUT2D eigenvalue weighted by molar-refractivity contribution is 0.618. The van der Waals surface area contributed by atoms with Crippen LogP contribution in [0.15, 0.2) is 30.5 Å². The van der Waals surface area contributed by atoms with Crippen LogP contribution in [0.25, 0.3) is 0 Å². The zero-order valence-electron chi connectivity index (χ0n) is 12.5. The Bertz CT molecular complexity index is 585. The molecule has 0 bridgehead atoms. The van der Waals surface area contributed by atoms with Crippen molar-refractivity contribution in [1.82, 2.24) is 15.1 Å². The number of nitrogens with one attached hydrogen (secondary N) is 1. The van der Waals surface area contributed by atoms with Gasteiger partial charge in [0.25, 0.3) is 0 Å². The number of nitrogens with zero attached hydrogens (tertiary/aromatic N) is 2. The molecule has 1 aromatic heterocycles. The van der Waals surface area contributed by atoms with Crippen molar-refractivity contribution in [3.8, 4) is 0 Å². The molecule has 0 radical (unpaired) electrons. The maximum atomic E-state index is 13.0. The highest BCUT2D eigenvalue weighted by Crippen LogP contribution is 2.41. The van der Waals surface area contributed by atoms with Gasteiger partial charge in [-0.3, -0.25) is 4.68 Å². The van der Waals surface area contributed by atoms with E-state index in [1.54, 1.807) is 0 Å². The molecule has 1 fully saturated rings. The van der Waals surface area contributed by atoms with Crippen LogP contribution < -0.4 is 5.32 Å². The molecule has 1 N–H and O–H groups in total. The maximum absolute atomic E-state index is 13.0. The molecule has 2 aromatic rings. The molecule has 1 aliphatic rings. The number of hydrogen-bond acceptors (Lipinski definition) is 2. The maximum Gasteiger partial charge on any atom is 0.123 e. The van der Waals surface area contributed by atoms with E-state index in [0.717, 1.165) is 31.6 Å². The summed E-state index contributed by atoms with van der Waals surface area (Å²) in [6.45, 7) is 4.82. The topological polar surface area (TPSA) is 29.9 Å². The molecule has 1 saturated carbocycles. The van der Waals surface area contributed by atoms with Gasteiger partial charge in [-0.05, 0) is 43.5 Å². The Morgan fingerprint density at radius 2 is 2.05 bits per heavy atom. The lowest BCUT2D eigenvalue weighted by atomic mass is 10.1. The molecular weight excluding hydrogens is 265 g/mol. The fourth-order valence-electron chi connectivity index (χ4n) is 2.69. The second-order valence-electron chi connectivity index (χ2n) is 5.79. The van der Waals surface area contributed by atoms with Crippen LogP contribution in [0.3, 0.4) is 0 Å². The minimum absolute atomic E-state index is 0.189. The summed E-state index contributed by atoms with van der Waals surface area (Å²) < 4.78 is 15.1. The molecule has 21 heavy (non-hydrogen) atoms. The van der Waals surface area contributed by atoms with Crippen LogP contribution in [0.2, 0.25) is 0 Å². The molecule has 0 aliphatic heterocycles.